The minimum absolute atomic E-state index is 0.0356. The highest BCUT2D eigenvalue weighted by Crippen LogP contribution is 2.31. The summed E-state index contributed by atoms with van der Waals surface area (Å²) in [6.45, 7) is 0.673. The van der Waals surface area contributed by atoms with Crippen molar-refractivity contribution in [1.82, 2.24) is 0 Å². The maximum absolute atomic E-state index is 13.8. The van der Waals surface area contributed by atoms with E-state index in [9.17, 15) is 9.18 Å². The van der Waals surface area contributed by atoms with Gasteiger partial charge in [-0.05, 0) is 0 Å². The Morgan fingerprint density at radius 1 is 1.53 bits per heavy atom. The van der Waals surface area contributed by atoms with E-state index < -0.39 is 5.82 Å². The van der Waals surface area contributed by atoms with E-state index in [4.69, 9.17) is 15.2 Å². The van der Waals surface area contributed by atoms with Gasteiger partial charge in [-0.1, -0.05) is 0 Å². The molecule has 1 aromatic carbocycles. The fraction of sp³-hybridized carbons (Fsp3) is 0.364. The highest BCUT2D eigenvalue weighted by atomic mass is 19.1. The van der Waals surface area contributed by atoms with Gasteiger partial charge in [0.05, 0.1) is 25.1 Å². The molecule has 1 aliphatic heterocycles. The van der Waals surface area contributed by atoms with Crippen LogP contribution in [0.3, 0.4) is 0 Å². The summed E-state index contributed by atoms with van der Waals surface area (Å²) in [4.78, 5) is 12.9. The van der Waals surface area contributed by atoms with Crippen LogP contribution in [0.2, 0.25) is 0 Å². The van der Waals surface area contributed by atoms with Crippen LogP contribution in [0.5, 0.6) is 5.75 Å². The van der Waals surface area contributed by atoms with Gasteiger partial charge in [0.15, 0.2) is 0 Å². The van der Waals surface area contributed by atoms with Crippen LogP contribution < -0.4 is 15.4 Å². The van der Waals surface area contributed by atoms with Crippen molar-refractivity contribution in [3.63, 3.8) is 0 Å². The number of nitrogens with zero attached hydrogens (tertiary/aromatic N) is 1. The SMILES string of the molecule is COc1cc(N2CCOCC2=O)c(F)cc1N. The van der Waals surface area contributed by atoms with Crippen LogP contribution in [-0.2, 0) is 9.53 Å². The lowest BCUT2D eigenvalue weighted by Crippen LogP contribution is -2.42. The third kappa shape index (κ3) is 2.16. The zero-order chi connectivity index (χ0) is 12.4. The molecule has 92 valence electrons. The van der Waals surface area contributed by atoms with Crippen molar-refractivity contribution >= 4 is 17.3 Å². The van der Waals surface area contributed by atoms with Crippen LogP contribution in [0.1, 0.15) is 0 Å². The number of carbonyl (C=O) groups excluding carboxylic acids is 1. The largest absolute Gasteiger partial charge is 0.495 e. The molecule has 6 heteroatoms. The molecule has 0 bridgehead atoms. The number of benzene rings is 1. The minimum atomic E-state index is -0.543. The van der Waals surface area contributed by atoms with Crippen molar-refractivity contribution in [1.29, 1.82) is 0 Å². The van der Waals surface area contributed by atoms with E-state index in [1.165, 1.54) is 18.1 Å². The number of nitrogen functional groups attached to an aromatic ring is 1. The number of methoxy groups -OCH3 is 1. The Labute approximate surface area is 97.9 Å². The Hall–Kier alpha value is -1.82. The number of halogens is 1. The van der Waals surface area contributed by atoms with Crippen LogP contribution in [0, 0.1) is 5.82 Å². The smallest absolute Gasteiger partial charge is 0.253 e. The van der Waals surface area contributed by atoms with E-state index >= 15 is 0 Å². The predicted molar refractivity (Wildman–Crippen MR) is 60.5 cm³/mol. The van der Waals surface area contributed by atoms with E-state index in [1.54, 1.807) is 0 Å². The highest BCUT2D eigenvalue weighted by molar-refractivity contribution is 5.95. The zero-order valence-corrected chi connectivity index (χ0v) is 9.40. The molecule has 1 amide bonds. The number of morpholine rings is 1. The van der Waals surface area contributed by atoms with Crippen molar-refractivity contribution in [2.75, 3.05) is 37.5 Å². The van der Waals surface area contributed by atoms with Gasteiger partial charge in [0.25, 0.3) is 5.91 Å². The van der Waals surface area contributed by atoms with Crippen molar-refractivity contribution < 1.29 is 18.7 Å². The second-order valence-corrected chi connectivity index (χ2v) is 3.64. The summed E-state index contributed by atoms with van der Waals surface area (Å²) in [5, 5.41) is 0. The highest BCUT2D eigenvalue weighted by Gasteiger charge is 2.24. The average Bonchev–Trinajstić information content (AvgIpc) is 2.31. The van der Waals surface area contributed by atoms with Gasteiger partial charge >= 0.3 is 0 Å². The molecular weight excluding hydrogens is 227 g/mol. The monoisotopic (exact) mass is 240 g/mol. The molecule has 1 heterocycles. The predicted octanol–water partition coefficient (Wildman–Crippen LogP) is 0.780. The lowest BCUT2D eigenvalue weighted by molar-refractivity contribution is -0.125. The first kappa shape index (κ1) is 11.7. The van der Waals surface area contributed by atoms with Gasteiger partial charge in [-0.3, -0.25) is 4.79 Å². The third-order valence-electron chi connectivity index (χ3n) is 2.58. The van der Waals surface area contributed by atoms with Crippen LogP contribution in [-0.4, -0.2) is 32.8 Å². The Balaban J connectivity index is 2.40. The normalized spacial score (nSPS) is 16.1. The molecular formula is C11H13FN2O3. The first-order valence-electron chi connectivity index (χ1n) is 5.14. The van der Waals surface area contributed by atoms with Crippen molar-refractivity contribution in [2.45, 2.75) is 0 Å². The summed E-state index contributed by atoms with van der Waals surface area (Å²) in [6, 6.07) is 2.57. The third-order valence-corrected chi connectivity index (χ3v) is 2.58. The molecule has 0 radical (unpaired) electrons. The average molecular weight is 240 g/mol. The van der Waals surface area contributed by atoms with Crippen LogP contribution in [0.25, 0.3) is 0 Å². The van der Waals surface area contributed by atoms with Gasteiger partial charge in [-0.15, -0.1) is 0 Å². The number of carbonyl (C=O) groups is 1. The zero-order valence-electron chi connectivity index (χ0n) is 9.40. The Kier molecular flexibility index (Phi) is 3.14. The maximum Gasteiger partial charge on any atom is 0.253 e. The van der Waals surface area contributed by atoms with E-state index in [0.717, 1.165) is 6.07 Å². The molecule has 1 saturated heterocycles. The van der Waals surface area contributed by atoms with Gasteiger partial charge in [0, 0.05) is 18.7 Å². The molecule has 0 aliphatic carbocycles. The van der Waals surface area contributed by atoms with E-state index in [1.807, 2.05) is 0 Å². The Morgan fingerprint density at radius 2 is 2.29 bits per heavy atom. The standard InChI is InChI=1S/C11H13FN2O3/c1-16-10-5-9(7(12)4-8(10)13)14-2-3-17-6-11(14)15/h4-5H,2-3,6,13H2,1H3. The molecule has 17 heavy (non-hydrogen) atoms. The summed E-state index contributed by atoms with van der Waals surface area (Å²) in [5.74, 6) is -0.471. The van der Waals surface area contributed by atoms with E-state index in [2.05, 4.69) is 0 Å². The van der Waals surface area contributed by atoms with Gasteiger partial charge in [0.1, 0.15) is 18.2 Å². The van der Waals surface area contributed by atoms with E-state index in [0.29, 0.717) is 18.9 Å². The molecule has 5 nitrogen and oxygen atoms in total. The molecule has 0 saturated carbocycles. The first-order chi connectivity index (χ1) is 8.13. The van der Waals surface area contributed by atoms with Gasteiger partial charge < -0.3 is 20.1 Å². The van der Waals surface area contributed by atoms with Crippen molar-refractivity contribution in [3.8, 4) is 5.75 Å². The fourth-order valence-corrected chi connectivity index (χ4v) is 1.71. The van der Waals surface area contributed by atoms with Crippen LogP contribution in [0.15, 0.2) is 12.1 Å². The molecule has 2 N–H and O–H groups in total. The van der Waals surface area contributed by atoms with Gasteiger partial charge in [-0.25, -0.2) is 4.39 Å². The summed E-state index contributed by atoms with van der Waals surface area (Å²) in [5.41, 5.74) is 5.95. The fourth-order valence-electron chi connectivity index (χ4n) is 1.71. The van der Waals surface area contributed by atoms with Gasteiger partial charge in [0.2, 0.25) is 0 Å². The molecule has 2 rings (SSSR count). The molecule has 0 spiro atoms. The molecule has 0 aromatic heterocycles. The minimum Gasteiger partial charge on any atom is -0.495 e. The number of amides is 1. The number of hydrogen-bond acceptors (Lipinski definition) is 4. The second-order valence-electron chi connectivity index (χ2n) is 3.64. The number of nitrogens with two attached hydrogens (primary N) is 1. The van der Waals surface area contributed by atoms with Crippen molar-refractivity contribution in [2.24, 2.45) is 0 Å². The lowest BCUT2D eigenvalue weighted by atomic mass is 10.2. The quantitative estimate of drug-likeness (QED) is 0.776. The maximum atomic E-state index is 13.8. The molecule has 0 atom stereocenters. The number of rotatable bonds is 2. The van der Waals surface area contributed by atoms with Crippen LogP contribution in [0.4, 0.5) is 15.8 Å². The Bertz CT molecular complexity index is 451. The molecule has 0 unspecified atom stereocenters. The second kappa shape index (κ2) is 4.58. The Morgan fingerprint density at radius 3 is 2.94 bits per heavy atom. The number of anilines is 2. The molecule has 1 aliphatic rings. The summed E-state index contributed by atoms with van der Waals surface area (Å²) >= 11 is 0. The first-order valence-corrected chi connectivity index (χ1v) is 5.14. The number of hydrogen-bond donors (Lipinski definition) is 1. The molecule has 1 fully saturated rings. The topological polar surface area (TPSA) is 64.8 Å². The van der Waals surface area contributed by atoms with Gasteiger partial charge in [-0.2, -0.15) is 0 Å². The summed E-state index contributed by atoms with van der Waals surface area (Å²) < 4.78 is 23.7. The summed E-state index contributed by atoms with van der Waals surface area (Å²) in [7, 11) is 1.44. The molecule has 1 aromatic rings. The lowest BCUT2D eigenvalue weighted by Gasteiger charge is -2.27. The van der Waals surface area contributed by atoms with Crippen LogP contribution >= 0.6 is 0 Å². The van der Waals surface area contributed by atoms with E-state index in [-0.39, 0.29) is 23.9 Å². The summed E-state index contributed by atoms with van der Waals surface area (Å²) in [6.07, 6.45) is 0. The number of ether oxygens (including phenoxy) is 2. The van der Waals surface area contributed by atoms with Crippen molar-refractivity contribution in [3.05, 3.63) is 17.9 Å².